The van der Waals surface area contributed by atoms with Gasteiger partial charge in [0, 0.05) is 0 Å². The lowest BCUT2D eigenvalue weighted by Gasteiger charge is -1.90. The Morgan fingerprint density at radius 1 is 0.636 bits per heavy atom. The van der Waals surface area contributed by atoms with Crippen molar-refractivity contribution >= 4 is 0 Å². The number of hydrogen-bond donors (Lipinski definition) is 0. The Balaban J connectivity index is 2.22. The van der Waals surface area contributed by atoms with E-state index in [9.17, 15) is 0 Å². The van der Waals surface area contributed by atoms with E-state index in [0.717, 1.165) is 0 Å². The molecule has 0 saturated heterocycles. The zero-order valence-corrected chi connectivity index (χ0v) is 7.13. The summed E-state index contributed by atoms with van der Waals surface area (Å²) in [4.78, 5) is 0. The Morgan fingerprint density at radius 3 is 2.27 bits per heavy atom. The fourth-order valence-corrected chi connectivity index (χ4v) is 1.24. The van der Waals surface area contributed by atoms with Gasteiger partial charge in [0.1, 0.15) is 0 Å². The Bertz CT molecular complexity index is 115. The van der Waals surface area contributed by atoms with Crippen LogP contribution >= 0.6 is 0 Å². The number of hydrogen-bond acceptors (Lipinski definition) is 0. The van der Waals surface area contributed by atoms with Gasteiger partial charge in [-0.05, 0) is 44.9 Å². The minimum Gasteiger partial charge on any atom is -0.0885 e. The summed E-state index contributed by atoms with van der Waals surface area (Å²) in [6.07, 6.45) is 19.0. The summed E-state index contributed by atoms with van der Waals surface area (Å²) in [5.74, 6) is 0. The molecule has 1 aliphatic rings. The van der Waals surface area contributed by atoms with Crippen LogP contribution < -0.4 is 0 Å². The summed E-state index contributed by atoms with van der Waals surface area (Å²) in [6.45, 7) is 0. The van der Waals surface area contributed by atoms with Gasteiger partial charge < -0.3 is 0 Å². The maximum Gasteiger partial charge on any atom is -0.0167 e. The van der Waals surface area contributed by atoms with Gasteiger partial charge in [0.15, 0.2) is 0 Å². The van der Waals surface area contributed by atoms with E-state index in [-0.39, 0.29) is 0 Å². The molecule has 0 fully saturated rings. The number of allylic oxidation sites excluding steroid dienone is 4. The van der Waals surface area contributed by atoms with Crippen molar-refractivity contribution in [2.75, 3.05) is 0 Å². The van der Waals surface area contributed by atoms with E-state index in [1.165, 1.54) is 38.5 Å². The normalized spacial score (nSPS) is 26.9. The maximum absolute atomic E-state index is 2.32. The van der Waals surface area contributed by atoms with Crippen LogP contribution in [0.5, 0.6) is 0 Å². The van der Waals surface area contributed by atoms with Gasteiger partial charge in [-0.1, -0.05) is 24.3 Å². The maximum atomic E-state index is 2.32. The Kier molecular flexibility index (Phi) is 4.84. The van der Waals surface area contributed by atoms with Gasteiger partial charge in [-0.3, -0.25) is 0 Å². The summed E-state index contributed by atoms with van der Waals surface area (Å²) in [6, 6.07) is 0. The molecular weight excluding hydrogens is 132 g/mol. The second kappa shape index (κ2) is 6.21. The van der Waals surface area contributed by atoms with E-state index in [2.05, 4.69) is 30.7 Å². The molecule has 0 amide bonds. The van der Waals surface area contributed by atoms with Crippen LogP contribution in [0.1, 0.15) is 38.5 Å². The molecule has 0 N–H and O–H groups in total. The molecule has 0 saturated carbocycles. The van der Waals surface area contributed by atoms with Gasteiger partial charge in [0.25, 0.3) is 0 Å². The van der Waals surface area contributed by atoms with Crippen molar-refractivity contribution in [2.45, 2.75) is 38.5 Å². The highest BCUT2D eigenvalue weighted by molar-refractivity contribution is 4.97. The summed E-state index contributed by atoms with van der Waals surface area (Å²) >= 11 is 0. The monoisotopic (exact) mass is 149 g/mol. The topological polar surface area (TPSA) is 0 Å². The van der Waals surface area contributed by atoms with Crippen LogP contribution in [0, 0.1) is 6.42 Å². The zero-order valence-electron chi connectivity index (χ0n) is 7.13. The average Bonchev–Trinajstić information content (AvgIpc) is 2.08. The van der Waals surface area contributed by atoms with E-state index in [1.807, 2.05) is 0 Å². The minimum absolute atomic E-state index is 1.20. The van der Waals surface area contributed by atoms with E-state index in [4.69, 9.17) is 0 Å². The van der Waals surface area contributed by atoms with Crippen molar-refractivity contribution < 1.29 is 0 Å². The third kappa shape index (κ3) is 4.83. The molecule has 61 valence electrons. The highest BCUT2D eigenvalue weighted by atomic mass is 13.9. The third-order valence-corrected chi connectivity index (χ3v) is 1.93. The van der Waals surface area contributed by atoms with Crippen molar-refractivity contribution in [3.8, 4) is 0 Å². The quantitative estimate of drug-likeness (QED) is 0.461. The molecule has 0 aromatic rings. The summed E-state index contributed by atoms with van der Waals surface area (Å²) < 4.78 is 0. The van der Waals surface area contributed by atoms with E-state index in [0.29, 0.717) is 0 Å². The van der Waals surface area contributed by atoms with Gasteiger partial charge in [0.2, 0.25) is 0 Å². The predicted molar refractivity (Wildman–Crippen MR) is 50.3 cm³/mol. The van der Waals surface area contributed by atoms with Gasteiger partial charge in [-0.2, -0.15) is 0 Å². The summed E-state index contributed by atoms with van der Waals surface area (Å²) in [5, 5.41) is 0. The largest absolute Gasteiger partial charge is 0.0885 e. The van der Waals surface area contributed by atoms with Gasteiger partial charge in [0.05, 0.1) is 0 Å². The second-order valence-electron chi connectivity index (χ2n) is 3.00. The van der Waals surface area contributed by atoms with Crippen molar-refractivity contribution in [1.29, 1.82) is 0 Å². The smallest absolute Gasteiger partial charge is 0.0167 e. The molecule has 0 spiro atoms. The summed E-state index contributed by atoms with van der Waals surface area (Å²) in [5.41, 5.74) is 0. The van der Waals surface area contributed by atoms with Gasteiger partial charge >= 0.3 is 0 Å². The molecule has 0 aliphatic heterocycles. The standard InChI is InChI=1S/C11H17/c1-2-4-6-8-10-11-9-7-5-3-1/h1-3,8,10H,4-7,9,11H2/b3-1-,10-8-. The van der Waals surface area contributed by atoms with Gasteiger partial charge in [-0.25, -0.2) is 0 Å². The van der Waals surface area contributed by atoms with Crippen molar-refractivity contribution in [3.05, 3.63) is 30.7 Å². The fraction of sp³-hybridized carbons (Fsp3) is 0.545. The van der Waals surface area contributed by atoms with Crippen LogP contribution in [0.3, 0.4) is 0 Å². The van der Waals surface area contributed by atoms with E-state index >= 15 is 0 Å². The first-order valence-electron chi connectivity index (χ1n) is 4.63. The molecule has 0 aromatic heterocycles. The molecule has 0 bridgehead atoms. The second-order valence-corrected chi connectivity index (χ2v) is 3.00. The Hall–Kier alpha value is -0.520. The van der Waals surface area contributed by atoms with Crippen LogP contribution in [0.4, 0.5) is 0 Å². The van der Waals surface area contributed by atoms with Crippen LogP contribution in [0.15, 0.2) is 24.3 Å². The molecule has 0 aromatic carbocycles. The fourth-order valence-electron chi connectivity index (χ4n) is 1.24. The van der Waals surface area contributed by atoms with Crippen molar-refractivity contribution in [2.24, 2.45) is 0 Å². The Labute approximate surface area is 70.0 Å². The number of rotatable bonds is 0. The summed E-state index contributed by atoms with van der Waals surface area (Å²) in [7, 11) is 0. The molecule has 1 rings (SSSR count). The highest BCUT2D eigenvalue weighted by Crippen LogP contribution is 2.06. The molecule has 1 radical (unpaired) electrons. The molecule has 0 atom stereocenters. The lowest BCUT2D eigenvalue weighted by molar-refractivity contribution is 0.761. The minimum atomic E-state index is 1.20. The first kappa shape index (κ1) is 8.58. The lowest BCUT2D eigenvalue weighted by Crippen LogP contribution is -1.71. The first-order chi connectivity index (χ1) is 5.50. The van der Waals surface area contributed by atoms with Crippen LogP contribution in [-0.2, 0) is 0 Å². The molecule has 0 unspecified atom stereocenters. The van der Waals surface area contributed by atoms with Crippen molar-refractivity contribution in [3.63, 3.8) is 0 Å². The van der Waals surface area contributed by atoms with Gasteiger partial charge in [-0.15, -0.1) is 0 Å². The molecule has 0 nitrogen and oxygen atoms in total. The zero-order chi connectivity index (χ0) is 7.78. The molecule has 0 heteroatoms. The van der Waals surface area contributed by atoms with Crippen LogP contribution in [-0.4, -0.2) is 0 Å². The third-order valence-electron chi connectivity index (χ3n) is 1.93. The molecule has 0 heterocycles. The predicted octanol–water partition coefficient (Wildman–Crippen LogP) is 3.66. The lowest BCUT2D eigenvalue weighted by atomic mass is 10.2. The molecule has 11 heavy (non-hydrogen) atoms. The SMILES string of the molecule is [CH]1/C=C\CCCC/C=C\CC1. The first-order valence-corrected chi connectivity index (χ1v) is 4.63. The molecule has 1 aliphatic carbocycles. The van der Waals surface area contributed by atoms with E-state index < -0.39 is 0 Å². The van der Waals surface area contributed by atoms with Crippen molar-refractivity contribution in [1.82, 2.24) is 0 Å². The molecular formula is C11H17. The highest BCUT2D eigenvalue weighted by Gasteiger charge is 1.86. The Morgan fingerprint density at radius 2 is 1.36 bits per heavy atom. The average molecular weight is 149 g/mol. The van der Waals surface area contributed by atoms with Crippen LogP contribution in [0.25, 0.3) is 0 Å². The van der Waals surface area contributed by atoms with E-state index in [1.54, 1.807) is 0 Å². The van der Waals surface area contributed by atoms with Crippen LogP contribution in [0.2, 0.25) is 0 Å².